The summed E-state index contributed by atoms with van der Waals surface area (Å²) in [5.74, 6) is -0.0337. The molecule has 0 rings (SSSR count). The second kappa shape index (κ2) is 6.39. The van der Waals surface area contributed by atoms with Crippen molar-refractivity contribution in [1.29, 1.82) is 0 Å². The molecule has 0 saturated heterocycles. The first-order valence-electron chi connectivity index (χ1n) is 6.43. The van der Waals surface area contributed by atoms with Gasteiger partial charge in [0.15, 0.2) is 0 Å². The molecule has 3 nitrogen and oxygen atoms in total. The van der Waals surface area contributed by atoms with Crippen molar-refractivity contribution in [3.8, 4) is 0 Å². The molecule has 0 aromatic carbocycles. The van der Waals surface area contributed by atoms with Crippen LogP contribution in [0.4, 0.5) is 0 Å². The van der Waals surface area contributed by atoms with Crippen molar-refractivity contribution >= 4 is 5.91 Å². The smallest absolute Gasteiger partial charge is 0.246 e. The Labute approximate surface area is 106 Å². The molecule has 17 heavy (non-hydrogen) atoms. The third-order valence-electron chi connectivity index (χ3n) is 3.58. The Kier molecular flexibility index (Phi) is 6.17. The molecule has 102 valence electrons. The van der Waals surface area contributed by atoms with Gasteiger partial charge in [0.25, 0.3) is 0 Å². The van der Waals surface area contributed by atoms with E-state index >= 15 is 0 Å². The van der Waals surface area contributed by atoms with Crippen LogP contribution in [-0.4, -0.2) is 25.2 Å². The Morgan fingerprint density at radius 2 is 1.71 bits per heavy atom. The predicted octanol–water partition coefficient (Wildman–Crippen LogP) is 2.99. The molecule has 0 aliphatic carbocycles. The van der Waals surface area contributed by atoms with Gasteiger partial charge in [0.2, 0.25) is 5.91 Å². The lowest BCUT2D eigenvalue weighted by atomic mass is 9.67. The van der Waals surface area contributed by atoms with Crippen LogP contribution in [0.2, 0.25) is 0 Å². The number of carbonyl (C=O) groups excluding carboxylic acids is 1. The molecule has 0 radical (unpaired) electrons. The van der Waals surface area contributed by atoms with Gasteiger partial charge < -0.3 is 10.1 Å². The van der Waals surface area contributed by atoms with Gasteiger partial charge in [-0.3, -0.25) is 4.79 Å². The van der Waals surface area contributed by atoms with E-state index in [0.717, 1.165) is 6.42 Å². The van der Waals surface area contributed by atoms with E-state index in [0.29, 0.717) is 6.61 Å². The fourth-order valence-electron chi connectivity index (χ4n) is 1.23. The van der Waals surface area contributed by atoms with Crippen molar-refractivity contribution in [3.05, 3.63) is 0 Å². The van der Waals surface area contributed by atoms with Gasteiger partial charge in [-0.1, -0.05) is 34.6 Å². The van der Waals surface area contributed by atoms with E-state index in [2.05, 4.69) is 39.9 Å². The maximum Gasteiger partial charge on any atom is 0.246 e. The molecule has 0 aromatic rings. The SMILES string of the molecule is CC(C)NC(=O)COCCC(C)(C)C(C)(C)C. The van der Waals surface area contributed by atoms with Crippen LogP contribution >= 0.6 is 0 Å². The summed E-state index contributed by atoms with van der Waals surface area (Å²) >= 11 is 0. The van der Waals surface area contributed by atoms with Crippen molar-refractivity contribution in [3.63, 3.8) is 0 Å². The number of ether oxygens (including phenoxy) is 1. The number of nitrogens with one attached hydrogen (secondary N) is 1. The largest absolute Gasteiger partial charge is 0.372 e. The maximum atomic E-state index is 11.3. The minimum absolute atomic E-state index is 0.0337. The number of hydrogen-bond acceptors (Lipinski definition) is 2. The van der Waals surface area contributed by atoms with Crippen LogP contribution in [0.25, 0.3) is 0 Å². The highest BCUT2D eigenvalue weighted by molar-refractivity contribution is 5.77. The summed E-state index contributed by atoms with van der Waals surface area (Å²) in [7, 11) is 0. The van der Waals surface area contributed by atoms with E-state index in [1.165, 1.54) is 0 Å². The molecule has 0 fully saturated rings. The Morgan fingerprint density at radius 1 is 1.18 bits per heavy atom. The second-order valence-electron chi connectivity index (χ2n) is 6.66. The van der Waals surface area contributed by atoms with Crippen molar-refractivity contribution in [2.75, 3.05) is 13.2 Å². The van der Waals surface area contributed by atoms with Crippen LogP contribution in [-0.2, 0) is 9.53 Å². The topological polar surface area (TPSA) is 38.3 Å². The summed E-state index contributed by atoms with van der Waals surface area (Å²) in [5, 5.41) is 2.81. The van der Waals surface area contributed by atoms with Crippen LogP contribution in [0.3, 0.4) is 0 Å². The molecular formula is C14H29NO2. The molecule has 3 heteroatoms. The fraction of sp³-hybridized carbons (Fsp3) is 0.929. The molecule has 0 unspecified atom stereocenters. The van der Waals surface area contributed by atoms with Crippen LogP contribution in [0, 0.1) is 10.8 Å². The summed E-state index contributed by atoms with van der Waals surface area (Å²) in [6, 6.07) is 0.178. The summed E-state index contributed by atoms with van der Waals surface area (Å²) in [4.78, 5) is 11.3. The average Bonchev–Trinajstić information content (AvgIpc) is 2.09. The molecule has 1 N–H and O–H groups in total. The third-order valence-corrected chi connectivity index (χ3v) is 3.58. The van der Waals surface area contributed by atoms with Crippen molar-refractivity contribution in [2.45, 2.75) is 60.9 Å². The molecule has 0 aromatic heterocycles. The van der Waals surface area contributed by atoms with Crippen LogP contribution in [0.1, 0.15) is 54.9 Å². The normalized spacial score (nSPS) is 12.9. The quantitative estimate of drug-likeness (QED) is 0.728. The highest BCUT2D eigenvalue weighted by atomic mass is 16.5. The molecule has 0 bridgehead atoms. The summed E-state index contributed by atoms with van der Waals surface area (Å²) < 4.78 is 5.42. The fourth-order valence-corrected chi connectivity index (χ4v) is 1.23. The average molecular weight is 243 g/mol. The molecule has 0 heterocycles. The first kappa shape index (κ1) is 16.4. The van der Waals surface area contributed by atoms with Gasteiger partial charge in [0.05, 0.1) is 0 Å². The van der Waals surface area contributed by atoms with Gasteiger partial charge in [-0.2, -0.15) is 0 Å². The van der Waals surface area contributed by atoms with Gasteiger partial charge >= 0.3 is 0 Å². The standard InChI is InChI=1S/C14H29NO2/c1-11(2)15-12(16)10-17-9-8-14(6,7)13(3,4)5/h11H,8-10H2,1-7H3,(H,15,16). The summed E-state index contributed by atoms with van der Waals surface area (Å²) in [6.45, 7) is 15.9. The van der Waals surface area contributed by atoms with E-state index in [-0.39, 0.29) is 29.4 Å². The van der Waals surface area contributed by atoms with E-state index in [1.54, 1.807) is 0 Å². The number of hydrogen-bond donors (Lipinski definition) is 1. The summed E-state index contributed by atoms with van der Waals surface area (Å²) in [5.41, 5.74) is 0.456. The number of rotatable bonds is 6. The molecule has 0 aliphatic heterocycles. The lowest BCUT2D eigenvalue weighted by molar-refractivity contribution is -0.126. The Morgan fingerprint density at radius 3 is 2.12 bits per heavy atom. The number of carbonyl (C=O) groups is 1. The van der Waals surface area contributed by atoms with E-state index < -0.39 is 0 Å². The summed E-state index contributed by atoms with van der Waals surface area (Å²) in [6.07, 6.45) is 0.964. The zero-order valence-corrected chi connectivity index (χ0v) is 12.5. The number of amides is 1. The first-order chi connectivity index (χ1) is 7.56. The highest BCUT2D eigenvalue weighted by Crippen LogP contribution is 2.40. The molecule has 1 amide bonds. The van der Waals surface area contributed by atoms with Gasteiger partial charge in [0.1, 0.15) is 6.61 Å². The van der Waals surface area contributed by atoms with Crippen molar-refractivity contribution in [1.82, 2.24) is 5.32 Å². The lowest BCUT2D eigenvalue weighted by Crippen LogP contribution is -2.34. The second-order valence-corrected chi connectivity index (χ2v) is 6.66. The zero-order chi connectivity index (χ0) is 13.7. The van der Waals surface area contributed by atoms with Gasteiger partial charge in [0, 0.05) is 12.6 Å². The monoisotopic (exact) mass is 243 g/mol. The molecule has 0 aliphatic rings. The Balaban J connectivity index is 3.82. The Bertz CT molecular complexity index is 239. The lowest BCUT2D eigenvalue weighted by Gasteiger charge is -2.38. The van der Waals surface area contributed by atoms with E-state index in [1.807, 2.05) is 13.8 Å². The van der Waals surface area contributed by atoms with Crippen molar-refractivity contribution in [2.24, 2.45) is 10.8 Å². The van der Waals surface area contributed by atoms with Gasteiger partial charge in [-0.25, -0.2) is 0 Å². The minimum atomic E-state index is -0.0337. The minimum Gasteiger partial charge on any atom is -0.372 e. The first-order valence-corrected chi connectivity index (χ1v) is 6.43. The van der Waals surface area contributed by atoms with Gasteiger partial charge in [-0.05, 0) is 31.1 Å². The van der Waals surface area contributed by atoms with Crippen molar-refractivity contribution < 1.29 is 9.53 Å². The zero-order valence-electron chi connectivity index (χ0n) is 12.5. The highest BCUT2D eigenvalue weighted by Gasteiger charge is 2.32. The molecular weight excluding hydrogens is 214 g/mol. The van der Waals surface area contributed by atoms with Crippen LogP contribution in [0.15, 0.2) is 0 Å². The molecule has 0 spiro atoms. The Hall–Kier alpha value is -0.570. The predicted molar refractivity (Wildman–Crippen MR) is 72.0 cm³/mol. The third kappa shape index (κ3) is 6.67. The van der Waals surface area contributed by atoms with E-state index in [4.69, 9.17) is 4.74 Å². The van der Waals surface area contributed by atoms with Gasteiger partial charge in [-0.15, -0.1) is 0 Å². The van der Waals surface area contributed by atoms with E-state index in [9.17, 15) is 4.79 Å². The molecule has 0 atom stereocenters. The van der Waals surface area contributed by atoms with Crippen LogP contribution in [0.5, 0.6) is 0 Å². The molecule has 0 saturated carbocycles. The van der Waals surface area contributed by atoms with Crippen LogP contribution < -0.4 is 5.32 Å². The maximum absolute atomic E-state index is 11.3.